The van der Waals surface area contributed by atoms with Gasteiger partial charge in [-0.15, -0.1) is 0 Å². The van der Waals surface area contributed by atoms with Gasteiger partial charge >= 0.3 is 0 Å². The number of benzene rings is 2. The number of ether oxygens (including phenoxy) is 2. The molecule has 0 radical (unpaired) electrons. The summed E-state index contributed by atoms with van der Waals surface area (Å²) in [4.78, 5) is 12.7. The second-order valence-corrected chi connectivity index (χ2v) is 5.90. The standard InChI is InChI=1S/C19H22N2O3/c1-23-13-9-10-14-12(11-13)5-3-7-16(14)21-19(22)15-6-4-8-17(24-2)18(15)20/h4,6,8-11,16H,3,5,7,20H2,1-2H3,(H,21,22)/t16-/m0/s1. The molecule has 0 bridgehead atoms. The van der Waals surface area contributed by atoms with Crippen LogP contribution in [0.4, 0.5) is 5.69 Å². The van der Waals surface area contributed by atoms with Crippen LogP contribution in [0.2, 0.25) is 0 Å². The van der Waals surface area contributed by atoms with Gasteiger partial charge in [-0.2, -0.15) is 0 Å². The second kappa shape index (κ2) is 6.83. The molecule has 1 atom stereocenters. The number of nitrogens with one attached hydrogen (secondary N) is 1. The van der Waals surface area contributed by atoms with E-state index in [-0.39, 0.29) is 11.9 Å². The maximum absolute atomic E-state index is 12.7. The maximum atomic E-state index is 12.7. The lowest BCUT2D eigenvalue weighted by atomic mass is 9.87. The van der Waals surface area contributed by atoms with E-state index < -0.39 is 0 Å². The summed E-state index contributed by atoms with van der Waals surface area (Å²) in [5, 5.41) is 3.11. The fraction of sp³-hybridized carbons (Fsp3) is 0.316. The molecule has 0 fully saturated rings. The van der Waals surface area contributed by atoms with E-state index in [0.717, 1.165) is 30.6 Å². The van der Waals surface area contributed by atoms with Gasteiger partial charge in [-0.3, -0.25) is 4.79 Å². The Morgan fingerprint density at radius 1 is 1.21 bits per heavy atom. The van der Waals surface area contributed by atoms with Gasteiger partial charge in [-0.1, -0.05) is 12.1 Å². The van der Waals surface area contributed by atoms with Gasteiger partial charge in [-0.05, 0) is 54.7 Å². The summed E-state index contributed by atoms with van der Waals surface area (Å²) in [5.74, 6) is 1.18. The Kier molecular flexibility index (Phi) is 4.60. The number of aryl methyl sites for hydroxylation is 1. The lowest BCUT2D eigenvalue weighted by molar-refractivity contribution is 0.0933. The highest BCUT2D eigenvalue weighted by Gasteiger charge is 2.24. The minimum atomic E-state index is -0.180. The van der Waals surface area contributed by atoms with Gasteiger partial charge in [0.2, 0.25) is 0 Å². The highest BCUT2D eigenvalue weighted by atomic mass is 16.5. The molecule has 2 aromatic rings. The first-order valence-electron chi connectivity index (χ1n) is 8.04. The Morgan fingerprint density at radius 2 is 2.04 bits per heavy atom. The van der Waals surface area contributed by atoms with Crippen molar-refractivity contribution in [3.05, 3.63) is 53.1 Å². The summed E-state index contributed by atoms with van der Waals surface area (Å²) in [6.07, 6.45) is 2.94. The molecule has 1 aliphatic rings. The highest BCUT2D eigenvalue weighted by molar-refractivity contribution is 6.00. The van der Waals surface area contributed by atoms with Crippen molar-refractivity contribution in [2.75, 3.05) is 20.0 Å². The maximum Gasteiger partial charge on any atom is 0.253 e. The lowest BCUT2D eigenvalue weighted by Crippen LogP contribution is -2.31. The molecule has 3 rings (SSSR count). The first-order valence-corrected chi connectivity index (χ1v) is 8.04. The Labute approximate surface area is 141 Å². The third-order valence-corrected chi connectivity index (χ3v) is 4.50. The van der Waals surface area contributed by atoms with E-state index in [2.05, 4.69) is 5.32 Å². The van der Waals surface area contributed by atoms with Crippen LogP contribution in [0.3, 0.4) is 0 Å². The van der Waals surface area contributed by atoms with E-state index >= 15 is 0 Å². The van der Waals surface area contributed by atoms with Crippen LogP contribution in [-0.4, -0.2) is 20.1 Å². The van der Waals surface area contributed by atoms with E-state index in [4.69, 9.17) is 15.2 Å². The molecule has 0 unspecified atom stereocenters. The Morgan fingerprint density at radius 3 is 2.79 bits per heavy atom. The van der Waals surface area contributed by atoms with Gasteiger partial charge in [0.1, 0.15) is 11.5 Å². The number of amides is 1. The van der Waals surface area contributed by atoms with Crippen molar-refractivity contribution < 1.29 is 14.3 Å². The third kappa shape index (κ3) is 3.02. The number of anilines is 1. The van der Waals surface area contributed by atoms with E-state index in [1.165, 1.54) is 12.7 Å². The number of para-hydroxylation sites is 1. The zero-order chi connectivity index (χ0) is 17.1. The number of hydrogen-bond donors (Lipinski definition) is 2. The molecule has 3 N–H and O–H groups in total. The smallest absolute Gasteiger partial charge is 0.253 e. The molecule has 1 aliphatic carbocycles. The van der Waals surface area contributed by atoms with E-state index in [1.54, 1.807) is 25.3 Å². The molecule has 126 valence electrons. The average molecular weight is 326 g/mol. The molecule has 5 heteroatoms. The van der Waals surface area contributed by atoms with Gasteiger partial charge < -0.3 is 20.5 Å². The number of nitrogen functional groups attached to an aromatic ring is 1. The van der Waals surface area contributed by atoms with E-state index in [0.29, 0.717) is 17.0 Å². The summed E-state index contributed by atoms with van der Waals surface area (Å²) in [6.45, 7) is 0. The van der Waals surface area contributed by atoms with Crippen LogP contribution in [0.25, 0.3) is 0 Å². The van der Waals surface area contributed by atoms with Crippen molar-refractivity contribution in [3.63, 3.8) is 0 Å². The summed E-state index contributed by atoms with van der Waals surface area (Å²) in [7, 11) is 3.20. The quantitative estimate of drug-likeness (QED) is 0.847. The highest BCUT2D eigenvalue weighted by Crippen LogP contribution is 2.33. The number of carbonyl (C=O) groups is 1. The Hall–Kier alpha value is -2.69. The molecular formula is C19H22N2O3. The van der Waals surface area contributed by atoms with E-state index in [1.807, 2.05) is 18.2 Å². The number of hydrogen-bond acceptors (Lipinski definition) is 4. The van der Waals surface area contributed by atoms with Gasteiger partial charge in [0.05, 0.1) is 31.5 Å². The van der Waals surface area contributed by atoms with Crippen molar-refractivity contribution in [1.29, 1.82) is 0 Å². The topological polar surface area (TPSA) is 73.6 Å². The number of rotatable bonds is 4. The van der Waals surface area contributed by atoms with Crippen molar-refractivity contribution in [1.82, 2.24) is 5.32 Å². The zero-order valence-electron chi connectivity index (χ0n) is 14.0. The van der Waals surface area contributed by atoms with Gasteiger partial charge in [0, 0.05) is 0 Å². The van der Waals surface area contributed by atoms with Crippen LogP contribution >= 0.6 is 0 Å². The fourth-order valence-electron chi connectivity index (χ4n) is 3.22. The van der Waals surface area contributed by atoms with Gasteiger partial charge in [0.25, 0.3) is 5.91 Å². The number of carbonyl (C=O) groups excluding carboxylic acids is 1. The van der Waals surface area contributed by atoms with Crippen LogP contribution in [0.15, 0.2) is 36.4 Å². The number of nitrogens with two attached hydrogens (primary N) is 1. The van der Waals surface area contributed by atoms with Crippen LogP contribution < -0.4 is 20.5 Å². The summed E-state index contributed by atoms with van der Waals surface area (Å²) < 4.78 is 10.5. The minimum Gasteiger partial charge on any atom is -0.497 e. The van der Waals surface area contributed by atoms with Gasteiger partial charge in [0.15, 0.2) is 0 Å². The largest absolute Gasteiger partial charge is 0.497 e. The zero-order valence-corrected chi connectivity index (χ0v) is 14.0. The molecule has 0 aromatic heterocycles. The molecule has 2 aromatic carbocycles. The van der Waals surface area contributed by atoms with Crippen LogP contribution in [0.5, 0.6) is 11.5 Å². The molecule has 0 spiro atoms. The summed E-state index contributed by atoms with van der Waals surface area (Å²) in [6, 6.07) is 11.2. The first-order chi connectivity index (χ1) is 11.6. The van der Waals surface area contributed by atoms with Crippen molar-refractivity contribution in [2.24, 2.45) is 0 Å². The number of fused-ring (bicyclic) bond motifs is 1. The monoisotopic (exact) mass is 326 g/mol. The van der Waals surface area contributed by atoms with Crippen molar-refractivity contribution >= 4 is 11.6 Å². The van der Waals surface area contributed by atoms with Gasteiger partial charge in [-0.25, -0.2) is 0 Å². The molecule has 5 nitrogen and oxygen atoms in total. The fourth-order valence-corrected chi connectivity index (χ4v) is 3.22. The SMILES string of the molecule is COc1ccc2c(c1)CCC[C@@H]2NC(=O)c1cccc(OC)c1N. The molecule has 1 amide bonds. The van der Waals surface area contributed by atoms with Crippen LogP contribution in [0.1, 0.15) is 40.4 Å². The summed E-state index contributed by atoms with van der Waals surface area (Å²) in [5.41, 5.74) is 9.21. The van der Waals surface area contributed by atoms with Crippen molar-refractivity contribution in [2.45, 2.75) is 25.3 Å². The van der Waals surface area contributed by atoms with Crippen LogP contribution in [-0.2, 0) is 6.42 Å². The Balaban J connectivity index is 1.84. The second-order valence-electron chi connectivity index (χ2n) is 5.90. The first kappa shape index (κ1) is 16.2. The Bertz CT molecular complexity index is 758. The van der Waals surface area contributed by atoms with Crippen LogP contribution in [0, 0.1) is 0 Å². The van der Waals surface area contributed by atoms with Crippen molar-refractivity contribution in [3.8, 4) is 11.5 Å². The summed E-state index contributed by atoms with van der Waals surface area (Å²) >= 11 is 0. The molecule has 0 saturated carbocycles. The molecule has 24 heavy (non-hydrogen) atoms. The minimum absolute atomic E-state index is 0.0160. The lowest BCUT2D eigenvalue weighted by Gasteiger charge is -2.27. The van der Waals surface area contributed by atoms with E-state index in [9.17, 15) is 4.79 Å². The average Bonchev–Trinajstić information content (AvgIpc) is 2.61. The molecule has 0 aliphatic heterocycles. The predicted octanol–water partition coefficient (Wildman–Crippen LogP) is 3.09. The predicted molar refractivity (Wildman–Crippen MR) is 93.5 cm³/mol. The third-order valence-electron chi connectivity index (χ3n) is 4.50. The number of methoxy groups -OCH3 is 2. The molecule has 0 heterocycles. The normalized spacial score (nSPS) is 16.2. The molecular weight excluding hydrogens is 304 g/mol. The molecule has 0 saturated heterocycles.